The van der Waals surface area contributed by atoms with Gasteiger partial charge in [0.2, 0.25) is 0 Å². The van der Waals surface area contributed by atoms with Gasteiger partial charge >= 0.3 is 0 Å². The molecule has 0 aliphatic carbocycles. The SMILES string of the molecule is O=C(c1ccccc1)N1CC(CNCc2cn[nH]c2-c2cccnc2)N2CCC1C2. The molecule has 7 heteroatoms. The number of H-pyrrole nitrogens is 1. The molecular formula is C23H26N6O. The van der Waals surface area contributed by atoms with E-state index in [-0.39, 0.29) is 5.91 Å². The zero-order valence-corrected chi connectivity index (χ0v) is 16.9. The highest BCUT2D eigenvalue weighted by atomic mass is 16.2. The Labute approximate surface area is 176 Å². The maximum Gasteiger partial charge on any atom is 0.254 e. The minimum Gasteiger partial charge on any atom is -0.333 e. The van der Waals surface area contributed by atoms with Crippen LogP contribution in [-0.2, 0) is 6.54 Å². The van der Waals surface area contributed by atoms with Crippen LogP contribution in [0.3, 0.4) is 0 Å². The van der Waals surface area contributed by atoms with Gasteiger partial charge in [-0.3, -0.25) is 19.8 Å². The van der Waals surface area contributed by atoms with Crippen molar-refractivity contribution in [3.05, 3.63) is 72.2 Å². The number of rotatable bonds is 6. The van der Waals surface area contributed by atoms with E-state index in [0.29, 0.717) is 12.1 Å². The van der Waals surface area contributed by atoms with Gasteiger partial charge in [-0.1, -0.05) is 18.2 Å². The fourth-order valence-electron chi connectivity index (χ4n) is 4.61. The Kier molecular flexibility index (Phi) is 5.29. The number of piperazine rings is 1. The molecule has 2 bridgehead atoms. The first kappa shape index (κ1) is 19.0. The first-order chi connectivity index (χ1) is 14.8. The number of amides is 1. The highest BCUT2D eigenvalue weighted by Gasteiger charge is 2.40. The van der Waals surface area contributed by atoms with E-state index in [0.717, 1.165) is 61.5 Å². The first-order valence-corrected chi connectivity index (χ1v) is 10.5. The molecule has 0 spiro atoms. The van der Waals surface area contributed by atoms with Crippen molar-refractivity contribution < 1.29 is 4.79 Å². The number of carbonyl (C=O) groups is 1. The number of hydrogen-bond acceptors (Lipinski definition) is 5. The lowest BCUT2D eigenvalue weighted by atomic mass is 10.1. The molecule has 0 radical (unpaired) electrons. The molecule has 4 heterocycles. The second-order valence-electron chi connectivity index (χ2n) is 8.06. The molecule has 2 fully saturated rings. The average molecular weight is 403 g/mol. The first-order valence-electron chi connectivity index (χ1n) is 10.5. The number of fused-ring (bicyclic) bond motifs is 2. The van der Waals surface area contributed by atoms with E-state index < -0.39 is 0 Å². The standard InChI is InChI=1S/C23H26N6O/c30-23(17-5-2-1-3-6-17)29-16-21(28-10-8-20(29)15-28)14-25-12-19-13-26-27-22(19)18-7-4-9-24-11-18/h1-7,9,11,13,20-21,25H,8,10,12,14-16H2,(H,26,27). The van der Waals surface area contributed by atoms with E-state index in [4.69, 9.17) is 0 Å². The van der Waals surface area contributed by atoms with Crippen LogP contribution in [0, 0.1) is 0 Å². The number of nitrogens with one attached hydrogen (secondary N) is 2. The van der Waals surface area contributed by atoms with Crippen molar-refractivity contribution in [3.8, 4) is 11.3 Å². The van der Waals surface area contributed by atoms with Gasteiger partial charge in [-0.05, 0) is 30.7 Å². The molecule has 3 atom stereocenters. The molecule has 1 aromatic carbocycles. The number of nitrogens with zero attached hydrogens (tertiary/aromatic N) is 4. The van der Waals surface area contributed by atoms with E-state index in [1.165, 1.54) is 0 Å². The molecule has 2 aromatic heterocycles. The van der Waals surface area contributed by atoms with Gasteiger partial charge < -0.3 is 10.2 Å². The van der Waals surface area contributed by atoms with Crippen molar-refractivity contribution in [1.82, 2.24) is 30.3 Å². The van der Waals surface area contributed by atoms with E-state index in [9.17, 15) is 4.79 Å². The number of aromatic nitrogens is 3. The van der Waals surface area contributed by atoms with Crippen LogP contribution in [0.15, 0.2) is 61.1 Å². The summed E-state index contributed by atoms with van der Waals surface area (Å²) in [6, 6.07) is 14.3. The summed E-state index contributed by atoms with van der Waals surface area (Å²) >= 11 is 0. The Hall–Kier alpha value is -3.03. The van der Waals surface area contributed by atoms with Crippen molar-refractivity contribution in [2.24, 2.45) is 0 Å². The zero-order chi connectivity index (χ0) is 20.3. The molecule has 0 saturated carbocycles. The Morgan fingerprint density at radius 2 is 2.03 bits per heavy atom. The fraction of sp³-hybridized carbons (Fsp3) is 0.348. The third-order valence-electron chi connectivity index (χ3n) is 6.20. The molecule has 1 amide bonds. The summed E-state index contributed by atoms with van der Waals surface area (Å²) in [6.45, 7) is 4.36. The average Bonchev–Trinajstić information content (AvgIpc) is 3.44. The normalized spacial score (nSPS) is 22.9. The van der Waals surface area contributed by atoms with Gasteiger partial charge in [-0.2, -0.15) is 5.10 Å². The lowest BCUT2D eigenvalue weighted by molar-refractivity contribution is 0.0495. The third-order valence-corrected chi connectivity index (χ3v) is 6.20. The summed E-state index contributed by atoms with van der Waals surface area (Å²) in [4.78, 5) is 21.9. The minimum atomic E-state index is 0.154. The summed E-state index contributed by atoms with van der Waals surface area (Å²) in [5.74, 6) is 0.154. The lowest BCUT2D eigenvalue weighted by Crippen LogP contribution is -2.57. The van der Waals surface area contributed by atoms with Crippen LogP contribution < -0.4 is 5.32 Å². The monoisotopic (exact) mass is 402 g/mol. The van der Waals surface area contributed by atoms with E-state index in [2.05, 4.69) is 30.3 Å². The topological polar surface area (TPSA) is 77.1 Å². The maximum atomic E-state index is 13.1. The zero-order valence-electron chi connectivity index (χ0n) is 16.9. The number of hydrogen-bond donors (Lipinski definition) is 2. The quantitative estimate of drug-likeness (QED) is 0.661. The van der Waals surface area contributed by atoms with Crippen LogP contribution in [0.5, 0.6) is 0 Å². The van der Waals surface area contributed by atoms with Crippen LogP contribution in [-0.4, -0.2) is 69.2 Å². The second-order valence-corrected chi connectivity index (χ2v) is 8.06. The van der Waals surface area contributed by atoms with E-state index in [1.54, 1.807) is 6.20 Å². The van der Waals surface area contributed by atoms with Crippen molar-refractivity contribution in [2.45, 2.75) is 25.0 Å². The van der Waals surface area contributed by atoms with Gasteiger partial charge in [0, 0.05) is 73.9 Å². The molecular weight excluding hydrogens is 376 g/mol. The van der Waals surface area contributed by atoms with E-state index in [1.807, 2.05) is 54.9 Å². The molecule has 30 heavy (non-hydrogen) atoms. The lowest BCUT2D eigenvalue weighted by Gasteiger charge is -2.40. The van der Waals surface area contributed by atoms with Gasteiger partial charge in [-0.15, -0.1) is 0 Å². The minimum absolute atomic E-state index is 0.154. The molecule has 7 nitrogen and oxygen atoms in total. The molecule has 2 saturated heterocycles. The molecule has 2 aliphatic rings. The predicted octanol–water partition coefficient (Wildman–Crippen LogP) is 2.16. The van der Waals surface area contributed by atoms with Crippen molar-refractivity contribution >= 4 is 5.91 Å². The van der Waals surface area contributed by atoms with Crippen LogP contribution in [0.1, 0.15) is 22.3 Å². The fourth-order valence-corrected chi connectivity index (χ4v) is 4.61. The van der Waals surface area contributed by atoms with Crippen LogP contribution in [0.2, 0.25) is 0 Å². The molecule has 3 unspecified atom stereocenters. The largest absolute Gasteiger partial charge is 0.333 e. The van der Waals surface area contributed by atoms with Crippen molar-refractivity contribution in [3.63, 3.8) is 0 Å². The summed E-state index contributed by atoms with van der Waals surface area (Å²) in [6.07, 6.45) is 6.54. The summed E-state index contributed by atoms with van der Waals surface area (Å²) < 4.78 is 0. The Bertz CT molecular complexity index is 989. The second kappa shape index (κ2) is 8.38. The third kappa shape index (κ3) is 3.74. The molecule has 2 aliphatic heterocycles. The van der Waals surface area contributed by atoms with Crippen LogP contribution in [0.25, 0.3) is 11.3 Å². The Morgan fingerprint density at radius 3 is 2.87 bits per heavy atom. The Balaban J connectivity index is 1.23. The van der Waals surface area contributed by atoms with Crippen molar-refractivity contribution in [2.75, 3.05) is 26.2 Å². The molecule has 2 N–H and O–H groups in total. The molecule has 154 valence electrons. The maximum absolute atomic E-state index is 13.1. The summed E-state index contributed by atoms with van der Waals surface area (Å²) in [5, 5.41) is 10.9. The van der Waals surface area contributed by atoms with Gasteiger partial charge in [0.15, 0.2) is 0 Å². The van der Waals surface area contributed by atoms with Gasteiger partial charge in [0.1, 0.15) is 0 Å². The van der Waals surface area contributed by atoms with Crippen LogP contribution in [0.4, 0.5) is 0 Å². The highest BCUT2D eigenvalue weighted by molar-refractivity contribution is 5.94. The molecule has 5 rings (SSSR count). The Morgan fingerprint density at radius 1 is 1.13 bits per heavy atom. The van der Waals surface area contributed by atoms with Crippen molar-refractivity contribution in [1.29, 1.82) is 0 Å². The van der Waals surface area contributed by atoms with E-state index >= 15 is 0 Å². The van der Waals surface area contributed by atoms with Gasteiger partial charge in [0.25, 0.3) is 5.91 Å². The summed E-state index contributed by atoms with van der Waals surface area (Å²) in [7, 11) is 0. The molecule has 3 aromatic rings. The van der Waals surface area contributed by atoms with Gasteiger partial charge in [-0.25, -0.2) is 0 Å². The smallest absolute Gasteiger partial charge is 0.254 e. The number of benzene rings is 1. The number of carbonyl (C=O) groups excluding carboxylic acids is 1. The number of pyridine rings is 1. The van der Waals surface area contributed by atoms with Crippen LogP contribution >= 0.6 is 0 Å². The number of aromatic amines is 1. The highest BCUT2D eigenvalue weighted by Crippen LogP contribution is 2.26. The summed E-state index contributed by atoms with van der Waals surface area (Å²) in [5.41, 5.74) is 3.94. The van der Waals surface area contributed by atoms with Gasteiger partial charge in [0.05, 0.1) is 11.9 Å². The predicted molar refractivity (Wildman–Crippen MR) is 115 cm³/mol.